The van der Waals surface area contributed by atoms with E-state index in [4.69, 9.17) is 24.1 Å². The van der Waals surface area contributed by atoms with Crippen LogP contribution in [0.2, 0.25) is 0 Å². The minimum atomic E-state index is 0.0965. The molecule has 0 spiro atoms. The summed E-state index contributed by atoms with van der Waals surface area (Å²) in [7, 11) is 4.96. The SMILES string of the molecule is COc1cc2c(cc1OC)-c1cc3ccc(OC)c(OCCCO)c3c[n+]1CC2. The molecule has 0 atom stereocenters. The first kappa shape index (κ1) is 19.3. The zero-order chi connectivity index (χ0) is 20.4. The summed E-state index contributed by atoms with van der Waals surface area (Å²) < 4.78 is 24.7. The molecule has 4 rings (SSSR count). The van der Waals surface area contributed by atoms with Crippen LogP contribution in [0.1, 0.15) is 12.0 Å². The lowest BCUT2D eigenvalue weighted by Crippen LogP contribution is -2.40. The van der Waals surface area contributed by atoms with Gasteiger partial charge in [0.15, 0.2) is 35.7 Å². The van der Waals surface area contributed by atoms with Gasteiger partial charge < -0.3 is 24.1 Å². The van der Waals surface area contributed by atoms with Crippen molar-refractivity contribution in [2.24, 2.45) is 0 Å². The summed E-state index contributed by atoms with van der Waals surface area (Å²) in [5.41, 5.74) is 3.52. The number of aromatic nitrogens is 1. The van der Waals surface area contributed by atoms with E-state index in [0.29, 0.717) is 24.5 Å². The number of aliphatic hydroxyl groups is 1. The third kappa shape index (κ3) is 3.44. The van der Waals surface area contributed by atoms with Crippen LogP contribution in [0.5, 0.6) is 23.0 Å². The minimum Gasteiger partial charge on any atom is -0.493 e. The molecule has 29 heavy (non-hydrogen) atoms. The molecule has 2 aromatic carbocycles. The zero-order valence-corrected chi connectivity index (χ0v) is 17.0. The van der Waals surface area contributed by atoms with Crippen LogP contribution in [0.15, 0.2) is 36.5 Å². The summed E-state index contributed by atoms with van der Waals surface area (Å²) in [6, 6.07) is 10.3. The molecule has 1 aliphatic rings. The van der Waals surface area contributed by atoms with E-state index >= 15 is 0 Å². The van der Waals surface area contributed by atoms with Crippen molar-refractivity contribution in [2.45, 2.75) is 19.4 Å². The molecule has 6 heteroatoms. The first-order chi connectivity index (χ1) is 14.2. The van der Waals surface area contributed by atoms with Crippen LogP contribution in [-0.2, 0) is 13.0 Å². The van der Waals surface area contributed by atoms with Crippen LogP contribution in [0, 0.1) is 0 Å². The Morgan fingerprint density at radius 2 is 1.72 bits per heavy atom. The Hall–Kier alpha value is -2.99. The number of pyridine rings is 1. The molecule has 6 nitrogen and oxygen atoms in total. The maximum absolute atomic E-state index is 9.08. The summed E-state index contributed by atoms with van der Waals surface area (Å²) in [5, 5.41) is 11.1. The highest BCUT2D eigenvalue weighted by Crippen LogP contribution is 2.40. The first-order valence-electron chi connectivity index (χ1n) is 9.73. The number of aliphatic hydroxyl groups excluding tert-OH is 1. The molecule has 1 aliphatic heterocycles. The summed E-state index contributed by atoms with van der Waals surface area (Å²) in [4.78, 5) is 0. The number of hydrogen-bond donors (Lipinski definition) is 1. The van der Waals surface area contributed by atoms with E-state index in [0.717, 1.165) is 46.5 Å². The van der Waals surface area contributed by atoms with Gasteiger partial charge in [0.1, 0.15) is 0 Å². The Bertz CT molecular complexity index is 1050. The van der Waals surface area contributed by atoms with Gasteiger partial charge in [-0.1, -0.05) is 0 Å². The van der Waals surface area contributed by atoms with Gasteiger partial charge in [-0.3, -0.25) is 0 Å². The van der Waals surface area contributed by atoms with Crippen molar-refractivity contribution < 1.29 is 28.6 Å². The van der Waals surface area contributed by atoms with Crippen LogP contribution in [0.3, 0.4) is 0 Å². The summed E-state index contributed by atoms with van der Waals surface area (Å²) in [6.45, 7) is 1.40. The van der Waals surface area contributed by atoms with E-state index in [9.17, 15) is 0 Å². The van der Waals surface area contributed by atoms with Gasteiger partial charge in [0.05, 0.1) is 38.9 Å². The van der Waals surface area contributed by atoms with E-state index in [1.54, 1.807) is 21.3 Å². The van der Waals surface area contributed by atoms with Gasteiger partial charge in [0, 0.05) is 25.5 Å². The van der Waals surface area contributed by atoms with Crippen LogP contribution >= 0.6 is 0 Å². The topological polar surface area (TPSA) is 61.0 Å². The fraction of sp³-hybridized carbons (Fsp3) is 0.348. The summed E-state index contributed by atoms with van der Waals surface area (Å²) in [5.74, 6) is 2.89. The predicted octanol–water partition coefficient (Wildman–Crippen LogP) is 3.14. The molecule has 0 saturated carbocycles. The highest BCUT2D eigenvalue weighted by Gasteiger charge is 2.27. The Labute approximate surface area is 170 Å². The lowest BCUT2D eigenvalue weighted by atomic mass is 9.95. The van der Waals surface area contributed by atoms with Gasteiger partial charge in [-0.05, 0) is 35.2 Å². The molecule has 1 aromatic heterocycles. The Morgan fingerprint density at radius 1 is 0.966 bits per heavy atom. The minimum absolute atomic E-state index is 0.0965. The molecule has 0 amide bonds. The highest BCUT2D eigenvalue weighted by molar-refractivity contribution is 5.91. The van der Waals surface area contributed by atoms with Crippen LogP contribution in [0.25, 0.3) is 22.0 Å². The van der Waals surface area contributed by atoms with E-state index in [1.807, 2.05) is 18.2 Å². The van der Waals surface area contributed by atoms with E-state index in [1.165, 1.54) is 5.56 Å². The monoisotopic (exact) mass is 396 g/mol. The molecule has 1 N–H and O–H groups in total. The third-order valence-electron chi connectivity index (χ3n) is 5.36. The number of rotatable bonds is 7. The fourth-order valence-electron chi connectivity index (χ4n) is 3.88. The number of fused-ring (bicyclic) bond motifs is 4. The Morgan fingerprint density at radius 3 is 2.45 bits per heavy atom. The van der Waals surface area contributed by atoms with Gasteiger partial charge in [-0.15, -0.1) is 0 Å². The second-order valence-electron chi connectivity index (χ2n) is 6.99. The average molecular weight is 396 g/mol. The number of methoxy groups -OCH3 is 3. The number of nitrogens with zero attached hydrogens (tertiary/aromatic N) is 1. The predicted molar refractivity (Wildman–Crippen MR) is 110 cm³/mol. The highest BCUT2D eigenvalue weighted by atomic mass is 16.5. The quantitative estimate of drug-likeness (QED) is 0.491. The molecular formula is C23H26NO5+. The van der Waals surface area contributed by atoms with E-state index in [-0.39, 0.29) is 6.61 Å². The molecule has 0 bridgehead atoms. The molecule has 0 unspecified atom stereocenters. The first-order valence-corrected chi connectivity index (χ1v) is 9.73. The van der Waals surface area contributed by atoms with Crippen molar-refractivity contribution in [2.75, 3.05) is 34.5 Å². The standard InChI is InChI=1S/C23H26NO5/c1-26-20-6-5-15-11-19-17-13-22(28-3)21(27-2)12-16(17)7-8-24(19)14-18(15)23(20)29-10-4-9-25/h5-6,11-14,25H,4,7-10H2,1-3H3/q+1. The largest absolute Gasteiger partial charge is 0.493 e. The molecule has 2 heterocycles. The van der Waals surface area contributed by atoms with Crippen molar-refractivity contribution in [3.05, 3.63) is 42.1 Å². The van der Waals surface area contributed by atoms with Gasteiger partial charge in [0.2, 0.25) is 5.69 Å². The zero-order valence-electron chi connectivity index (χ0n) is 17.0. The van der Waals surface area contributed by atoms with Gasteiger partial charge in [0.25, 0.3) is 0 Å². The van der Waals surface area contributed by atoms with E-state index < -0.39 is 0 Å². The third-order valence-corrected chi connectivity index (χ3v) is 5.36. The van der Waals surface area contributed by atoms with Crippen molar-refractivity contribution in [1.82, 2.24) is 0 Å². The smallest absolute Gasteiger partial charge is 0.213 e. The van der Waals surface area contributed by atoms with Gasteiger partial charge in [-0.2, -0.15) is 4.57 Å². The second kappa shape index (κ2) is 8.17. The molecule has 0 radical (unpaired) electrons. The van der Waals surface area contributed by atoms with Gasteiger partial charge >= 0.3 is 0 Å². The molecule has 3 aromatic rings. The fourth-order valence-corrected chi connectivity index (χ4v) is 3.88. The molecule has 0 aliphatic carbocycles. The maximum Gasteiger partial charge on any atom is 0.213 e. The Balaban J connectivity index is 1.86. The van der Waals surface area contributed by atoms with Crippen LogP contribution in [0.4, 0.5) is 0 Å². The summed E-state index contributed by atoms with van der Waals surface area (Å²) >= 11 is 0. The van der Waals surface area contributed by atoms with Crippen LogP contribution < -0.4 is 23.5 Å². The number of ether oxygens (including phenoxy) is 4. The van der Waals surface area contributed by atoms with E-state index in [2.05, 4.69) is 22.9 Å². The maximum atomic E-state index is 9.08. The van der Waals surface area contributed by atoms with Crippen LogP contribution in [-0.4, -0.2) is 39.6 Å². The van der Waals surface area contributed by atoms with Crippen molar-refractivity contribution in [1.29, 1.82) is 0 Å². The number of aryl methyl sites for hydroxylation is 2. The lowest BCUT2D eigenvalue weighted by molar-refractivity contribution is -0.686. The van der Waals surface area contributed by atoms with Gasteiger partial charge in [-0.25, -0.2) is 0 Å². The number of benzene rings is 2. The summed E-state index contributed by atoms with van der Waals surface area (Å²) in [6.07, 6.45) is 3.61. The lowest BCUT2D eigenvalue weighted by Gasteiger charge is -2.19. The van der Waals surface area contributed by atoms with Crippen molar-refractivity contribution in [3.63, 3.8) is 0 Å². The Kier molecular flexibility index (Phi) is 5.45. The number of hydrogen-bond acceptors (Lipinski definition) is 5. The molecular weight excluding hydrogens is 370 g/mol. The second-order valence-corrected chi connectivity index (χ2v) is 6.99. The van der Waals surface area contributed by atoms with Crippen molar-refractivity contribution >= 4 is 10.8 Å². The molecule has 0 fully saturated rings. The average Bonchev–Trinajstić information content (AvgIpc) is 2.76. The normalized spacial score (nSPS) is 12.3. The molecule has 152 valence electrons. The van der Waals surface area contributed by atoms with Crippen molar-refractivity contribution in [3.8, 4) is 34.3 Å². The molecule has 0 saturated heterocycles.